The van der Waals surface area contributed by atoms with Crippen LogP contribution < -0.4 is 9.47 Å². The number of ether oxygens (including phenoxy) is 2. The molecule has 150 valence electrons. The van der Waals surface area contributed by atoms with Gasteiger partial charge in [0.05, 0.1) is 14.2 Å². The molecule has 1 aromatic carbocycles. The number of rotatable bonds is 5. The number of piperazine rings is 1. The molecule has 2 heterocycles. The molecule has 1 saturated carbocycles. The second kappa shape index (κ2) is 8.71. The molecular weight excluding hydrogens is 404 g/mol. The second-order valence-electron chi connectivity index (χ2n) is 8.40. The molecule has 2 atom stereocenters. The Balaban J connectivity index is 1.59. The van der Waals surface area contributed by atoms with Crippen molar-refractivity contribution >= 4 is 15.9 Å². The van der Waals surface area contributed by atoms with Gasteiger partial charge in [-0.15, -0.1) is 0 Å². The van der Waals surface area contributed by atoms with Gasteiger partial charge in [0.15, 0.2) is 11.5 Å². The Morgan fingerprint density at radius 3 is 2.41 bits per heavy atom. The van der Waals surface area contributed by atoms with E-state index in [1.54, 1.807) is 14.2 Å². The van der Waals surface area contributed by atoms with E-state index in [0.29, 0.717) is 6.04 Å². The van der Waals surface area contributed by atoms with E-state index in [-0.39, 0.29) is 0 Å². The smallest absolute Gasteiger partial charge is 0.161 e. The van der Waals surface area contributed by atoms with Crippen molar-refractivity contribution in [2.75, 3.05) is 33.9 Å². The standard InChI is InChI=1S/C22H33BrN2O2/c1-26-20-13-17(18(23)14-21(20)27-2)15-25-12-11-24-10-6-9-19(24)22(25)16-7-4-3-5-8-16/h13-14,16,19,22H,3-12,15H2,1-2H3. The van der Waals surface area contributed by atoms with Crippen molar-refractivity contribution in [2.24, 2.45) is 5.92 Å². The maximum atomic E-state index is 5.56. The normalized spacial score (nSPS) is 27.5. The highest BCUT2D eigenvalue weighted by Crippen LogP contribution is 2.40. The van der Waals surface area contributed by atoms with Crippen LogP contribution in [-0.2, 0) is 6.54 Å². The summed E-state index contributed by atoms with van der Waals surface area (Å²) < 4.78 is 12.1. The molecule has 4 rings (SSSR count). The molecule has 0 N–H and O–H groups in total. The van der Waals surface area contributed by atoms with E-state index >= 15 is 0 Å². The molecule has 3 aliphatic rings. The van der Waals surface area contributed by atoms with Crippen molar-refractivity contribution in [3.05, 3.63) is 22.2 Å². The molecule has 3 fully saturated rings. The fraction of sp³-hybridized carbons (Fsp3) is 0.727. The molecule has 0 amide bonds. The first-order valence-corrected chi connectivity index (χ1v) is 11.4. The van der Waals surface area contributed by atoms with Crippen LogP contribution in [0.4, 0.5) is 0 Å². The predicted octanol–water partition coefficient (Wildman–Crippen LogP) is 4.70. The lowest BCUT2D eigenvalue weighted by atomic mass is 9.78. The Morgan fingerprint density at radius 1 is 0.926 bits per heavy atom. The van der Waals surface area contributed by atoms with Crippen LogP contribution in [0, 0.1) is 5.92 Å². The van der Waals surface area contributed by atoms with Crippen molar-refractivity contribution < 1.29 is 9.47 Å². The third-order valence-corrected chi connectivity index (χ3v) is 7.70. The minimum atomic E-state index is 0.710. The third kappa shape index (κ3) is 4.01. The monoisotopic (exact) mass is 436 g/mol. The molecule has 2 saturated heterocycles. The molecule has 27 heavy (non-hydrogen) atoms. The topological polar surface area (TPSA) is 24.9 Å². The van der Waals surface area contributed by atoms with Crippen molar-refractivity contribution in [3.8, 4) is 11.5 Å². The van der Waals surface area contributed by atoms with Gasteiger partial charge in [-0.2, -0.15) is 0 Å². The van der Waals surface area contributed by atoms with E-state index < -0.39 is 0 Å². The lowest BCUT2D eigenvalue weighted by Gasteiger charge is -2.49. The van der Waals surface area contributed by atoms with Crippen LogP contribution in [0.3, 0.4) is 0 Å². The second-order valence-corrected chi connectivity index (χ2v) is 9.26. The zero-order valence-corrected chi connectivity index (χ0v) is 18.3. The summed E-state index contributed by atoms with van der Waals surface area (Å²) in [5, 5.41) is 0. The SMILES string of the molecule is COc1cc(Br)c(CN2CCN3CCCC3C2C2CCCCC2)cc1OC. The summed E-state index contributed by atoms with van der Waals surface area (Å²) in [6, 6.07) is 5.68. The van der Waals surface area contributed by atoms with Gasteiger partial charge in [0.1, 0.15) is 0 Å². The molecule has 1 aliphatic carbocycles. The Hall–Kier alpha value is -0.780. The summed E-state index contributed by atoms with van der Waals surface area (Å²) in [4.78, 5) is 5.56. The maximum Gasteiger partial charge on any atom is 0.161 e. The van der Waals surface area contributed by atoms with Gasteiger partial charge in [0.25, 0.3) is 0 Å². The van der Waals surface area contributed by atoms with E-state index in [1.807, 2.05) is 0 Å². The first-order valence-electron chi connectivity index (χ1n) is 10.6. The van der Waals surface area contributed by atoms with Gasteiger partial charge in [0, 0.05) is 36.2 Å². The summed E-state index contributed by atoms with van der Waals surface area (Å²) in [5.41, 5.74) is 1.31. The molecule has 4 nitrogen and oxygen atoms in total. The number of halogens is 1. The Bertz CT molecular complexity index is 647. The average molecular weight is 437 g/mol. The number of hydrogen-bond acceptors (Lipinski definition) is 4. The summed E-state index contributed by atoms with van der Waals surface area (Å²) in [5.74, 6) is 2.48. The Morgan fingerprint density at radius 2 is 1.67 bits per heavy atom. The molecule has 2 aliphatic heterocycles. The van der Waals surface area contributed by atoms with Crippen molar-refractivity contribution in [1.82, 2.24) is 9.80 Å². The maximum absolute atomic E-state index is 5.56. The van der Waals surface area contributed by atoms with Crippen molar-refractivity contribution in [1.29, 1.82) is 0 Å². The molecule has 0 bridgehead atoms. The summed E-state index contributed by atoms with van der Waals surface area (Å²) in [7, 11) is 3.42. The first-order chi connectivity index (χ1) is 13.2. The number of methoxy groups -OCH3 is 2. The molecule has 1 aromatic rings. The van der Waals surface area contributed by atoms with E-state index in [2.05, 4.69) is 37.9 Å². The molecule has 0 aromatic heterocycles. The van der Waals surface area contributed by atoms with E-state index in [4.69, 9.17) is 9.47 Å². The lowest BCUT2D eigenvalue weighted by Crippen LogP contribution is -2.59. The van der Waals surface area contributed by atoms with Crippen LogP contribution in [0.2, 0.25) is 0 Å². The van der Waals surface area contributed by atoms with Gasteiger partial charge in [-0.05, 0) is 55.8 Å². The number of benzene rings is 1. The van der Waals surface area contributed by atoms with Gasteiger partial charge < -0.3 is 9.47 Å². The highest BCUT2D eigenvalue weighted by Gasteiger charge is 2.43. The summed E-state index contributed by atoms with van der Waals surface area (Å²) in [6.07, 6.45) is 9.85. The van der Waals surface area contributed by atoms with Crippen LogP contribution in [-0.4, -0.2) is 55.7 Å². The Kier molecular flexibility index (Phi) is 6.30. The van der Waals surface area contributed by atoms with E-state index in [0.717, 1.165) is 34.5 Å². The molecule has 0 spiro atoms. The van der Waals surface area contributed by atoms with Crippen molar-refractivity contribution in [3.63, 3.8) is 0 Å². The quantitative estimate of drug-likeness (QED) is 0.667. The van der Waals surface area contributed by atoms with Crippen LogP contribution >= 0.6 is 15.9 Å². The van der Waals surface area contributed by atoms with Crippen molar-refractivity contribution in [2.45, 2.75) is 63.6 Å². The molecule has 2 unspecified atom stereocenters. The number of hydrogen-bond donors (Lipinski definition) is 0. The summed E-state index contributed by atoms with van der Waals surface area (Å²) >= 11 is 3.78. The van der Waals surface area contributed by atoms with E-state index in [1.165, 1.54) is 70.1 Å². The van der Waals surface area contributed by atoms with Crippen LogP contribution in [0.25, 0.3) is 0 Å². The minimum absolute atomic E-state index is 0.710. The summed E-state index contributed by atoms with van der Waals surface area (Å²) in [6.45, 7) is 4.70. The van der Waals surface area contributed by atoms with Crippen LogP contribution in [0.1, 0.15) is 50.5 Å². The minimum Gasteiger partial charge on any atom is -0.493 e. The largest absolute Gasteiger partial charge is 0.493 e. The average Bonchev–Trinajstić information content (AvgIpc) is 3.18. The molecule has 5 heteroatoms. The number of fused-ring (bicyclic) bond motifs is 1. The zero-order valence-electron chi connectivity index (χ0n) is 16.8. The highest BCUT2D eigenvalue weighted by molar-refractivity contribution is 9.10. The Labute approximate surface area is 172 Å². The van der Waals surface area contributed by atoms with Crippen LogP contribution in [0.15, 0.2) is 16.6 Å². The zero-order chi connectivity index (χ0) is 18.8. The third-order valence-electron chi connectivity index (χ3n) is 6.96. The predicted molar refractivity (Wildman–Crippen MR) is 113 cm³/mol. The van der Waals surface area contributed by atoms with E-state index in [9.17, 15) is 0 Å². The first kappa shape index (κ1) is 19.5. The number of nitrogens with zero attached hydrogens (tertiary/aromatic N) is 2. The fourth-order valence-electron chi connectivity index (χ4n) is 5.67. The molecule has 0 radical (unpaired) electrons. The lowest BCUT2D eigenvalue weighted by molar-refractivity contribution is -0.00393. The molecular formula is C22H33BrN2O2. The van der Waals surface area contributed by atoms with Gasteiger partial charge in [-0.25, -0.2) is 0 Å². The van der Waals surface area contributed by atoms with Gasteiger partial charge in [-0.3, -0.25) is 9.80 Å². The van der Waals surface area contributed by atoms with Gasteiger partial charge in [-0.1, -0.05) is 35.2 Å². The van der Waals surface area contributed by atoms with Gasteiger partial charge in [0.2, 0.25) is 0 Å². The van der Waals surface area contributed by atoms with Crippen LogP contribution in [0.5, 0.6) is 11.5 Å². The highest BCUT2D eigenvalue weighted by atomic mass is 79.9. The van der Waals surface area contributed by atoms with Gasteiger partial charge >= 0.3 is 0 Å². The fourth-order valence-corrected chi connectivity index (χ4v) is 6.12.